The van der Waals surface area contributed by atoms with Crippen LogP contribution in [-0.2, 0) is 0 Å². The molecule has 0 unspecified atom stereocenters. The number of aromatic nitrogens is 1. The first-order chi connectivity index (χ1) is 13.2. The highest BCUT2D eigenvalue weighted by atomic mass is 16.5. The second-order valence-corrected chi connectivity index (χ2v) is 6.99. The molecule has 0 saturated carbocycles. The summed E-state index contributed by atoms with van der Waals surface area (Å²) in [4.78, 5) is 6.71. The molecule has 2 aromatic rings. The van der Waals surface area contributed by atoms with Crippen molar-refractivity contribution in [3.8, 4) is 5.75 Å². The van der Waals surface area contributed by atoms with Gasteiger partial charge in [0.05, 0.1) is 37.7 Å². The minimum absolute atomic E-state index is 0.0384. The van der Waals surface area contributed by atoms with E-state index in [1.54, 1.807) is 25.4 Å². The van der Waals surface area contributed by atoms with Gasteiger partial charge in [0, 0.05) is 6.54 Å². The number of aliphatic hydroxyl groups is 2. The summed E-state index contributed by atoms with van der Waals surface area (Å²) in [5, 5.41) is 24.4. The first-order valence-electron chi connectivity index (χ1n) is 9.53. The van der Waals surface area contributed by atoms with Gasteiger partial charge in [0.1, 0.15) is 11.9 Å². The predicted octanol–water partition coefficient (Wildman–Crippen LogP) is 1.91. The van der Waals surface area contributed by atoms with Gasteiger partial charge in [0.25, 0.3) is 0 Å². The highest BCUT2D eigenvalue weighted by Gasteiger charge is 2.28. The van der Waals surface area contributed by atoms with Crippen molar-refractivity contribution in [3.63, 3.8) is 0 Å². The first-order valence-corrected chi connectivity index (χ1v) is 9.53. The smallest absolute Gasteiger partial charge is 0.137 e. The second-order valence-electron chi connectivity index (χ2n) is 6.99. The molecule has 1 aromatic carbocycles. The zero-order valence-corrected chi connectivity index (χ0v) is 15.8. The molecular weight excluding hydrogens is 342 g/mol. The quantitative estimate of drug-likeness (QED) is 0.625. The summed E-state index contributed by atoms with van der Waals surface area (Å²) in [6.45, 7) is 2.74. The molecule has 0 radical (unpaired) electrons. The van der Waals surface area contributed by atoms with Gasteiger partial charge in [-0.25, -0.2) is 0 Å². The highest BCUT2D eigenvalue weighted by molar-refractivity contribution is 5.22. The maximum atomic E-state index is 11.0. The molecule has 3 N–H and O–H groups in total. The number of nitrogens with one attached hydrogen (secondary N) is 1. The molecule has 1 aliphatic heterocycles. The molecule has 146 valence electrons. The number of rotatable bonds is 9. The van der Waals surface area contributed by atoms with E-state index in [2.05, 4.69) is 15.2 Å². The van der Waals surface area contributed by atoms with Crippen LogP contribution in [-0.4, -0.2) is 59.5 Å². The molecule has 1 fully saturated rings. The fraction of sp³-hybridized carbons (Fsp3) is 0.476. The van der Waals surface area contributed by atoms with Crippen LogP contribution in [0.1, 0.15) is 36.2 Å². The van der Waals surface area contributed by atoms with E-state index in [1.807, 2.05) is 30.3 Å². The maximum Gasteiger partial charge on any atom is 0.137 e. The van der Waals surface area contributed by atoms with Crippen LogP contribution < -0.4 is 10.1 Å². The molecule has 3 rings (SSSR count). The number of pyridine rings is 1. The van der Waals surface area contributed by atoms with Crippen molar-refractivity contribution < 1.29 is 14.9 Å². The van der Waals surface area contributed by atoms with Gasteiger partial charge in [-0.3, -0.25) is 4.98 Å². The summed E-state index contributed by atoms with van der Waals surface area (Å²) in [6, 6.07) is 12.9. The van der Waals surface area contributed by atoms with Crippen LogP contribution >= 0.6 is 0 Å². The zero-order valence-electron chi connectivity index (χ0n) is 15.8. The lowest BCUT2D eigenvalue weighted by Crippen LogP contribution is -2.46. The lowest BCUT2D eigenvalue weighted by molar-refractivity contribution is 0.0884. The predicted molar refractivity (Wildman–Crippen MR) is 105 cm³/mol. The van der Waals surface area contributed by atoms with Crippen molar-refractivity contribution in [3.05, 3.63) is 59.9 Å². The molecule has 1 aromatic heterocycles. The summed E-state index contributed by atoms with van der Waals surface area (Å²) < 4.78 is 5.16. The van der Waals surface area contributed by atoms with Gasteiger partial charge in [-0.2, -0.15) is 0 Å². The number of ether oxygens (including phenoxy) is 1. The molecule has 27 heavy (non-hydrogen) atoms. The van der Waals surface area contributed by atoms with Crippen LogP contribution in [0, 0.1) is 0 Å². The van der Waals surface area contributed by atoms with Crippen molar-refractivity contribution in [2.24, 2.45) is 0 Å². The number of aliphatic hydroxyl groups excluding tert-OH is 2. The molecule has 0 spiro atoms. The van der Waals surface area contributed by atoms with Gasteiger partial charge in [-0.05, 0) is 43.6 Å². The number of benzene rings is 1. The monoisotopic (exact) mass is 371 g/mol. The fourth-order valence-corrected chi connectivity index (χ4v) is 3.58. The van der Waals surface area contributed by atoms with E-state index in [0.717, 1.165) is 18.7 Å². The summed E-state index contributed by atoms with van der Waals surface area (Å²) in [7, 11) is 1.59. The summed E-state index contributed by atoms with van der Waals surface area (Å²) in [5.41, 5.74) is 1.60. The average molecular weight is 371 g/mol. The van der Waals surface area contributed by atoms with Crippen LogP contribution in [0.25, 0.3) is 0 Å². The molecule has 0 bridgehead atoms. The van der Waals surface area contributed by atoms with Crippen molar-refractivity contribution >= 4 is 0 Å². The third kappa shape index (κ3) is 5.26. The van der Waals surface area contributed by atoms with Gasteiger partial charge < -0.3 is 25.2 Å². The van der Waals surface area contributed by atoms with E-state index in [1.165, 1.54) is 12.8 Å². The Morgan fingerprint density at radius 2 is 1.89 bits per heavy atom. The van der Waals surface area contributed by atoms with Crippen LogP contribution in [0.3, 0.4) is 0 Å². The Morgan fingerprint density at radius 1 is 1.15 bits per heavy atom. The second kappa shape index (κ2) is 9.80. The van der Waals surface area contributed by atoms with E-state index >= 15 is 0 Å². The summed E-state index contributed by atoms with van der Waals surface area (Å²) >= 11 is 0. The number of hydrogen-bond donors (Lipinski definition) is 3. The lowest BCUT2D eigenvalue weighted by atomic mass is 10.0. The van der Waals surface area contributed by atoms with Crippen LogP contribution in [0.15, 0.2) is 48.7 Å². The summed E-state index contributed by atoms with van der Waals surface area (Å²) in [6.07, 6.45) is 3.21. The zero-order chi connectivity index (χ0) is 19.1. The Labute approximate surface area is 160 Å². The SMILES string of the molecule is COc1ccc([C@H](O)[C@@H](CN2CCCC2)N[C@@H](CO)c2ccccc2)nc1. The normalized spacial score (nSPS) is 18.2. The molecule has 0 aliphatic carbocycles. The van der Waals surface area contributed by atoms with Crippen molar-refractivity contribution in [1.29, 1.82) is 0 Å². The fourth-order valence-electron chi connectivity index (χ4n) is 3.58. The van der Waals surface area contributed by atoms with Crippen molar-refractivity contribution in [2.45, 2.75) is 31.0 Å². The van der Waals surface area contributed by atoms with Crippen LogP contribution in [0.4, 0.5) is 0 Å². The van der Waals surface area contributed by atoms with E-state index in [0.29, 0.717) is 18.0 Å². The number of hydrogen-bond acceptors (Lipinski definition) is 6. The molecule has 2 heterocycles. The van der Waals surface area contributed by atoms with Gasteiger partial charge in [-0.1, -0.05) is 30.3 Å². The lowest BCUT2D eigenvalue weighted by Gasteiger charge is -2.31. The topological polar surface area (TPSA) is 77.9 Å². The van der Waals surface area contributed by atoms with Crippen LogP contribution in [0.2, 0.25) is 0 Å². The van der Waals surface area contributed by atoms with E-state index in [-0.39, 0.29) is 18.7 Å². The Morgan fingerprint density at radius 3 is 2.48 bits per heavy atom. The molecule has 6 nitrogen and oxygen atoms in total. The number of likely N-dealkylation sites (tertiary alicyclic amines) is 1. The standard InChI is InChI=1S/C21H29N3O3/c1-27-17-9-10-18(22-13-17)21(26)19(14-24-11-5-6-12-24)23-20(15-25)16-7-3-2-4-8-16/h2-4,7-10,13,19-21,23,25-26H,5-6,11-12,14-15H2,1H3/t19-,20+,21+/m1/s1. The molecule has 0 amide bonds. The molecule has 1 saturated heterocycles. The highest BCUT2D eigenvalue weighted by Crippen LogP contribution is 2.23. The van der Waals surface area contributed by atoms with E-state index < -0.39 is 6.10 Å². The van der Waals surface area contributed by atoms with Gasteiger partial charge in [0.2, 0.25) is 0 Å². The van der Waals surface area contributed by atoms with E-state index in [9.17, 15) is 10.2 Å². The number of nitrogens with zero attached hydrogens (tertiary/aromatic N) is 2. The molecule has 3 atom stereocenters. The van der Waals surface area contributed by atoms with Crippen molar-refractivity contribution in [2.75, 3.05) is 33.4 Å². The average Bonchev–Trinajstić information content (AvgIpc) is 3.24. The Bertz CT molecular complexity index is 675. The maximum absolute atomic E-state index is 11.0. The minimum atomic E-state index is -0.783. The largest absolute Gasteiger partial charge is 0.495 e. The van der Waals surface area contributed by atoms with Crippen LogP contribution in [0.5, 0.6) is 5.75 Å². The number of methoxy groups -OCH3 is 1. The van der Waals surface area contributed by atoms with Gasteiger partial charge in [0.15, 0.2) is 0 Å². The Hall–Kier alpha value is -1.99. The Balaban J connectivity index is 1.78. The first kappa shape index (κ1) is 19.8. The molecule has 6 heteroatoms. The summed E-state index contributed by atoms with van der Waals surface area (Å²) in [5.74, 6) is 0.660. The molecule has 1 aliphatic rings. The Kier molecular flexibility index (Phi) is 7.18. The molecular formula is C21H29N3O3. The minimum Gasteiger partial charge on any atom is -0.495 e. The van der Waals surface area contributed by atoms with Gasteiger partial charge >= 0.3 is 0 Å². The third-order valence-electron chi connectivity index (χ3n) is 5.13. The van der Waals surface area contributed by atoms with Gasteiger partial charge in [-0.15, -0.1) is 0 Å². The third-order valence-corrected chi connectivity index (χ3v) is 5.13. The van der Waals surface area contributed by atoms with E-state index in [4.69, 9.17) is 4.74 Å². The van der Waals surface area contributed by atoms with Crippen molar-refractivity contribution in [1.82, 2.24) is 15.2 Å².